The molecule has 6 nitrogen and oxygen atoms in total. The predicted molar refractivity (Wildman–Crippen MR) is 75.7 cm³/mol. The van der Waals surface area contributed by atoms with Crippen molar-refractivity contribution < 1.29 is 29.2 Å². The standard InChI is InChI=1S/C15H22O6/c1-19-15(20-2)12(13(16)14(17)18)8-9-21-10-11-6-4-3-5-7-11/h3-7,12-13,15-16H,8-10H2,1-2H3,(H,17,18). The van der Waals surface area contributed by atoms with Crippen LogP contribution in [0.25, 0.3) is 0 Å². The van der Waals surface area contributed by atoms with Crippen molar-refractivity contribution in [2.24, 2.45) is 5.92 Å². The largest absolute Gasteiger partial charge is 0.479 e. The van der Waals surface area contributed by atoms with Crippen LogP contribution in [0, 0.1) is 5.92 Å². The molecular weight excluding hydrogens is 276 g/mol. The summed E-state index contributed by atoms with van der Waals surface area (Å²) < 4.78 is 15.6. The second-order valence-electron chi connectivity index (χ2n) is 4.61. The van der Waals surface area contributed by atoms with Crippen LogP contribution in [0.15, 0.2) is 30.3 Å². The fraction of sp³-hybridized carbons (Fsp3) is 0.533. The summed E-state index contributed by atoms with van der Waals surface area (Å²) in [6.45, 7) is 0.731. The number of hydrogen-bond donors (Lipinski definition) is 2. The third-order valence-corrected chi connectivity index (χ3v) is 3.18. The Balaban J connectivity index is 2.47. The van der Waals surface area contributed by atoms with E-state index in [1.165, 1.54) is 14.2 Å². The topological polar surface area (TPSA) is 85.2 Å². The van der Waals surface area contributed by atoms with E-state index in [9.17, 15) is 9.90 Å². The monoisotopic (exact) mass is 298 g/mol. The van der Waals surface area contributed by atoms with Gasteiger partial charge in [0.2, 0.25) is 0 Å². The van der Waals surface area contributed by atoms with Gasteiger partial charge in [-0.25, -0.2) is 4.79 Å². The first kappa shape index (κ1) is 17.6. The van der Waals surface area contributed by atoms with E-state index in [-0.39, 0.29) is 0 Å². The lowest BCUT2D eigenvalue weighted by atomic mass is 9.98. The number of methoxy groups -OCH3 is 2. The van der Waals surface area contributed by atoms with Gasteiger partial charge in [-0.05, 0) is 12.0 Å². The van der Waals surface area contributed by atoms with Crippen molar-refractivity contribution in [2.75, 3.05) is 20.8 Å². The van der Waals surface area contributed by atoms with Crippen molar-refractivity contribution >= 4 is 5.97 Å². The van der Waals surface area contributed by atoms with Gasteiger partial charge in [0.1, 0.15) is 0 Å². The van der Waals surface area contributed by atoms with Gasteiger partial charge in [-0.15, -0.1) is 0 Å². The summed E-state index contributed by atoms with van der Waals surface area (Å²) in [4.78, 5) is 10.9. The Morgan fingerprint density at radius 3 is 2.33 bits per heavy atom. The number of carbonyl (C=O) groups is 1. The van der Waals surface area contributed by atoms with E-state index in [2.05, 4.69) is 0 Å². The van der Waals surface area contributed by atoms with Crippen molar-refractivity contribution in [3.05, 3.63) is 35.9 Å². The predicted octanol–water partition coefficient (Wildman–Crippen LogP) is 1.27. The molecule has 0 aromatic heterocycles. The molecule has 0 heterocycles. The Kier molecular flexibility index (Phi) is 7.92. The van der Waals surface area contributed by atoms with Gasteiger partial charge in [0.05, 0.1) is 6.61 Å². The van der Waals surface area contributed by atoms with Gasteiger partial charge in [0.25, 0.3) is 0 Å². The number of rotatable bonds is 10. The molecule has 118 valence electrons. The maximum atomic E-state index is 10.9. The van der Waals surface area contributed by atoms with Crippen molar-refractivity contribution in [2.45, 2.75) is 25.4 Å². The number of hydrogen-bond acceptors (Lipinski definition) is 5. The molecule has 0 fully saturated rings. The number of ether oxygens (including phenoxy) is 3. The van der Waals surface area contributed by atoms with E-state index < -0.39 is 24.3 Å². The van der Waals surface area contributed by atoms with E-state index in [4.69, 9.17) is 19.3 Å². The Bertz CT molecular complexity index is 404. The molecule has 0 radical (unpaired) electrons. The number of aliphatic hydroxyl groups is 1. The second-order valence-corrected chi connectivity index (χ2v) is 4.61. The lowest BCUT2D eigenvalue weighted by molar-refractivity contribution is -0.181. The second kappa shape index (κ2) is 9.46. The zero-order chi connectivity index (χ0) is 15.7. The molecule has 0 aliphatic heterocycles. The van der Waals surface area contributed by atoms with Crippen LogP contribution in [0.1, 0.15) is 12.0 Å². The van der Waals surface area contributed by atoms with Gasteiger partial charge >= 0.3 is 5.97 Å². The Labute approximate surface area is 124 Å². The van der Waals surface area contributed by atoms with Crippen molar-refractivity contribution in [3.8, 4) is 0 Å². The number of carboxylic acids is 1. The summed E-state index contributed by atoms with van der Waals surface area (Å²) in [6, 6.07) is 9.64. The molecule has 0 aliphatic rings. The molecule has 1 aromatic rings. The first-order chi connectivity index (χ1) is 10.1. The zero-order valence-corrected chi connectivity index (χ0v) is 12.3. The quantitative estimate of drug-likeness (QED) is 0.500. The fourth-order valence-electron chi connectivity index (χ4n) is 2.06. The summed E-state index contributed by atoms with van der Waals surface area (Å²) in [7, 11) is 2.81. The van der Waals surface area contributed by atoms with Crippen molar-refractivity contribution in [1.29, 1.82) is 0 Å². The molecule has 2 unspecified atom stereocenters. The highest BCUT2D eigenvalue weighted by atomic mass is 16.7. The maximum absolute atomic E-state index is 10.9. The third-order valence-electron chi connectivity index (χ3n) is 3.18. The minimum atomic E-state index is -1.56. The summed E-state index contributed by atoms with van der Waals surface area (Å²) in [5, 5.41) is 18.6. The van der Waals surface area contributed by atoms with Crippen LogP contribution in [-0.4, -0.2) is 49.4 Å². The average Bonchev–Trinajstić information content (AvgIpc) is 2.50. The highest BCUT2D eigenvalue weighted by molar-refractivity contribution is 5.72. The molecule has 0 bridgehead atoms. The Hall–Kier alpha value is -1.47. The number of aliphatic carboxylic acids is 1. The maximum Gasteiger partial charge on any atom is 0.333 e. The molecule has 0 saturated heterocycles. The SMILES string of the molecule is COC(OC)C(CCOCc1ccccc1)C(O)C(=O)O. The summed E-state index contributed by atoms with van der Waals surface area (Å²) in [6.07, 6.45) is -2.04. The van der Waals surface area contributed by atoms with Crippen LogP contribution in [0.2, 0.25) is 0 Å². The highest BCUT2D eigenvalue weighted by Gasteiger charge is 2.33. The van der Waals surface area contributed by atoms with Crippen LogP contribution < -0.4 is 0 Å². The number of aliphatic hydroxyl groups excluding tert-OH is 1. The van der Waals surface area contributed by atoms with Crippen LogP contribution >= 0.6 is 0 Å². The molecule has 0 amide bonds. The van der Waals surface area contributed by atoms with Crippen LogP contribution in [0.5, 0.6) is 0 Å². The van der Waals surface area contributed by atoms with Gasteiger partial charge < -0.3 is 24.4 Å². The number of carboxylic acid groups (broad SMARTS) is 1. The van der Waals surface area contributed by atoms with E-state index >= 15 is 0 Å². The minimum absolute atomic E-state index is 0.299. The van der Waals surface area contributed by atoms with E-state index in [1.54, 1.807) is 0 Å². The number of benzene rings is 1. The molecule has 6 heteroatoms. The normalized spacial score (nSPS) is 14.1. The third kappa shape index (κ3) is 5.81. The van der Waals surface area contributed by atoms with E-state index in [0.29, 0.717) is 19.6 Å². The molecule has 0 spiro atoms. The van der Waals surface area contributed by atoms with Crippen LogP contribution in [-0.2, 0) is 25.6 Å². The Morgan fingerprint density at radius 1 is 1.19 bits per heavy atom. The van der Waals surface area contributed by atoms with E-state index in [1.807, 2.05) is 30.3 Å². The molecular formula is C15H22O6. The zero-order valence-electron chi connectivity index (χ0n) is 12.3. The molecule has 21 heavy (non-hydrogen) atoms. The summed E-state index contributed by atoms with van der Waals surface area (Å²) in [5.74, 6) is -2.00. The lowest BCUT2D eigenvalue weighted by Gasteiger charge is -2.26. The first-order valence-electron chi connectivity index (χ1n) is 6.68. The van der Waals surface area contributed by atoms with Gasteiger partial charge in [0.15, 0.2) is 12.4 Å². The highest BCUT2D eigenvalue weighted by Crippen LogP contribution is 2.18. The van der Waals surface area contributed by atoms with Gasteiger partial charge in [-0.1, -0.05) is 30.3 Å². The van der Waals surface area contributed by atoms with Crippen LogP contribution in [0.3, 0.4) is 0 Å². The molecule has 2 N–H and O–H groups in total. The first-order valence-corrected chi connectivity index (χ1v) is 6.68. The van der Waals surface area contributed by atoms with Gasteiger partial charge in [0, 0.05) is 26.7 Å². The molecule has 0 aliphatic carbocycles. The van der Waals surface area contributed by atoms with Gasteiger partial charge in [-0.3, -0.25) is 0 Å². The molecule has 0 saturated carbocycles. The minimum Gasteiger partial charge on any atom is -0.479 e. The summed E-state index contributed by atoms with van der Waals surface area (Å²) in [5.41, 5.74) is 1.03. The van der Waals surface area contributed by atoms with Gasteiger partial charge in [-0.2, -0.15) is 0 Å². The van der Waals surface area contributed by atoms with Crippen LogP contribution in [0.4, 0.5) is 0 Å². The molecule has 2 atom stereocenters. The smallest absolute Gasteiger partial charge is 0.333 e. The molecule has 1 rings (SSSR count). The average molecular weight is 298 g/mol. The van der Waals surface area contributed by atoms with Crippen molar-refractivity contribution in [1.82, 2.24) is 0 Å². The van der Waals surface area contributed by atoms with Crippen molar-refractivity contribution in [3.63, 3.8) is 0 Å². The fourth-order valence-corrected chi connectivity index (χ4v) is 2.06. The Morgan fingerprint density at radius 2 is 1.81 bits per heavy atom. The molecule has 1 aromatic carbocycles. The van der Waals surface area contributed by atoms with E-state index in [0.717, 1.165) is 5.56 Å². The lowest BCUT2D eigenvalue weighted by Crippen LogP contribution is -2.40. The summed E-state index contributed by atoms with van der Waals surface area (Å²) >= 11 is 0.